The number of hydrogen-bond donors (Lipinski definition) is 1. The Morgan fingerprint density at radius 1 is 1.55 bits per heavy atom. The average Bonchev–Trinajstić information content (AvgIpc) is 3.00. The van der Waals surface area contributed by atoms with Gasteiger partial charge in [-0.15, -0.1) is 0 Å². The molecule has 20 heavy (non-hydrogen) atoms. The highest BCUT2D eigenvalue weighted by Crippen LogP contribution is 2.15. The maximum absolute atomic E-state index is 12.1. The lowest BCUT2D eigenvalue weighted by atomic mass is 10.0. The second kappa shape index (κ2) is 5.11. The molecule has 1 atom stereocenters. The van der Waals surface area contributed by atoms with Crippen molar-refractivity contribution in [2.45, 2.75) is 45.7 Å². The van der Waals surface area contributed by atoms with Crippen molar-refractivity contribution in [1.82, 2.24) is 20.3 Å². The van der Waals surface area contributed by atoms with Crippen LogP contribution in [0.2, 0.25) is 0 Å². The maximum Gasteiger partial charge on any atom is 0.224 e. The number of aromatic nitrogens is 3. The molecule has 0 saturated heterocycles. The number of carbonyl (C=O) groups is 1. The number of aryl methyl sites for hydroxylation is 3. The molecule has 1 N–H and O–H groups in total. The minimum absolute atomic E-state index is 0.0253. The van der Waals surface area contributed by atoms with Gasteiger partial charge in [0.1, 0.15) is 5.76 Å². The monoisotopic (exact) mass is 274 g/mol. The van der Waals surface area contributed by atoms with Crippen molar-refractivity contribution in [3.8, 4) is 0 Å². The number of nitrogens with one attached hydrogen (secondary N) is 1. The van der Waals surface area contributed by atoms with Gasteiger partial charge in [0.15, 0.2) is 0 Å². The number of nitrogens with zero attached hydrogens (tertiary/aromatic N) is 3. The van der Waals surface area contributed by atoms with Gasteiger partial charge >= 0.3 is 0 Å². The summed E-state index contributed by atoms with van der Waals surface area (Å²) >= 11 is 0. The summed E-state index contributed by atoms with van der Waals surface area (Å²) in [6.45, 7) is 4.55. The Balaban J connectivity index is 1.60. The molecule has 3 rings (SSSR count). The van der Waals surface area contributed by atoms with Crippen molar-refractivity contribution in [1.29, 1.82) is 0 Å². The van der Waals surface area contributed by atoms with Gasteiger partial charge in [-0.3, -0.25) is 9.48 Å². The fourth-order valence-electron chi connectivity index (χ4n) is 2.68. The van der Waals surface area contributed by atoms with Crippen molar-refractivity contribution in [2.75, 3.05) is 0 Å². The van der Waals surface area contributed by atoms with Crippen LogP contribution in [-0.4, -0.2) is 26.9 Å². The summed E-state index contributed by atoms with van der Waals surface area (Å²) in [5.41, 5.74) is 2.86. The van der Waals surface area contributed by atoms with Crippen LogP contribution in [0.15, 0.2) is 16.8 Å². The first-order chi connectivity index (χ1) is 9.63. The molecule has 1 aliphatic rings. The predicted molar refractivity (Wildman–Crippen MR) is 72.2 cm³/mol. The van der Waals surface area contributed by atoms with Crippen LogP contribution in [-0.2, 0) is 24.2 Å². The van der Waals surface area contributed by atoms with E-state index >= 15 is 0 Å². The minimum atomic E-state index is 0.0253. The Morgan fingerprint density at radius 2 is 2.40 bits per heavy atom. The fraction of sp³-hybridized carbons (Fsp3) is 0.500. The maximum atomic E-state index is 12.1. The van der Waals surface area contributed by atoms with Crippen LogP contribution in [0.4, 0.5) is 0 Å². The normalized spacial score (nSPS) is 17.8. The van der Waals surface area contributed by atoms with Crippen LogP contribution in [0.5, 0.6) is 0 Å². The summed E-state index contributed by atoms with van der Waals surface area (Å²) in [5.74, 6) is 0.747. The van der Waals surface area contributed by atoms with Crippen LogP contribution in [0.1, 0.15) is 29.1 Å². The van der Waals surface area contributed by atoms with E-state index in [1.54, 1.807) is 0 Å². The molecule has 2 aromatic heterocycles. The van der Waals surface area contributed by atoms with E-state index in [-0.39, 0.29) is 11.9 Å². The summed E-state index contributed by atoms with van der Waals surface area (Å²) in [7, 11) is 0. The smallest absolute Gasteiger partial charge is 0.224 e. The van der Waals surface area contributed by atoms with Gasteiger partial charge in [-0.05, 0) is 26.3 Å². The summed E-state index contributed by atoms with van der Waals surface area (Å²) in [6.07, 6.45) is 3.90. The van der Waals surface area contributed by atoms with Gasteiger partial charge in [0, 0.05) is 36.5 Å². The van der Waals surface area contributed by atoms with Gasteiger partial charge in [0.25, 0.3) is 0 Å². The molecule has 0 spiro atoms. The van der Waals surface area contributed by atoms with Crippen LogP contribution in [0.3, 0.4) is 0 Å². The summed E-state index contributed by atoms with van der Waals surface area (Å²) < 4.78 is 7.08. The van der Waals surface area contributed by atoms with Crippen LogP contribution >= 0.6 is 0 Å². The Morgan fingerprint density at radius 3 is 3.15 bits per heavy atom. The number of rotatable bonds is 3. The predicted octanol–water partition coefficient (Wildman–Crippen LogP) is 1.16. The molecule has 0 radical (unpaired) electrons. The van der Waals surface area contributed by atoms with Crippen molar-refractivity contribution in [2.24, 2.45) is 0 Å². The molecule has 0 fully saturated rings. The van der Waals surface area contributed by atoms with Gasteiger partial charge in [0.2, 0.25) is 5.91 Å². The SMILES string of the molecule is Cc1noc(C)c1CC(=O)N[C@H]1CCn2nccc2C1. The van der Waals surface area contributed by atoms with E-state index in [0.29, 0.717) is 6.42 Å². The molecule has 3 heterocycles. The molecule has 0 aliphatic carbocycles. The molecule has 6 nitrogen and oxygen atoms in total. The molecule has 2 aromatic rings. The van der Waals surface area contributed by atoms with Gasteiger partial charge in [-0.1, -0.05) is 5.16 Å². The molecule has 0 bridgehead atoms. The Labute approximate surface area is 117 Å². The average molecular weight is 274 g/mol. The third-order valence-corrected chi connectivity index (χ3v) is 3.83. The number of carbonyl (C=O) groups excluding carboxylic acids is 1. The van der Waals surface area contributed by atoms with Crippen molar-refractivity contribution >= 4 is 5.91 Å². The highest BCUT2D eigenvalue weighted by molar-refractivity contribution is 5.79. The van der Waals surface area contributed by atoms with Gasteiger partial charge in [-0.2, -0.15) is 5.10 Å². The number of amides is 1. The van der Waals surface area contributed by atoms with E-state index in [4.69, 9.17) is 4.52 Å². The van der Waals surface area contributed by atoms with Crippen molar-refractivity contribution in [3.63, 3.8) is 0 Å². The lowest BCUT2D eigenvalue weighted by Crippen LogP contribution is -2.41. The number of fused-ring (bicyclic) bond motifs is 1. The third-order valence-electron chi connectivity index (χ3n) is 3.83. The second-order valence-electron chi connectivity index (χ2n) is 5.28. The molecule has 1 amide bonds. The van der Waals surface area contributed by atoms with Gasteiger partial charge in [0.05, 0.1) is 12.1 Å². The lowest BCUT2D eigenvalue weighted by molar-refractivity contribution is -0.121. The fourth-order valence-corrected chi connectivity index (χ4v) is 2.68. The zero-order valence-corrected chi connectivity index (χ0v) is 11.7. The molecular formula is C14H18N4O2. The summed E-state index contributed by atoms with van der Waals surface area (Å²) in [4.78, 5) is 12.1. The molecule has 1 aliphatic heterocycles. The largest absolute Gasteiger partial charge is 0.361 e. The first-order valence-electron chi connectivity index (χ1n) is 6.85. The Hall–Kier alpha value is -2.11. The van der Waals surface area contributed by atoms with E-state index in [2.05, 4.69) is 15.6 Å². The zero-order valence-electron chi connectivity index (χ0n) is 11.7. The summed E-state index contributed by atoms with van der Waals surface area (Å²) in [6, 6.07) is 2.19. The van der Waals surface area contributed by atoms with Crippen LogP contribution in [0.25, 0.3) is 0 Å². The van der Waals surface area contributed by atoms with Crippen LogP contribution < -0.4 is 5.32 Å². The molecular weight excluding hydrogens is 256 g/mol. The second-order valence-corrected chi connectivity index (χ2v) is 5.28. The molecule has 0 aromatic carbocycles. The van der Waals surface area contributed by atoms with Gasteiger partial charge < -0.3 is 9.84 Å². The number of hydrogen-bond acceptors (Lipinski definition) is 4. The first-order valence-corrected chi connectivity index (χ1v) is 6.85. The molecule has 0 unspecified atom stereocenters. The molecule has 0 saturated carbocycles. The lowest BCUT2D eigenvalue weighted by Gasteiger charge is -2.24. The standard InChI is InChI=1S/C14H18N4O2/c1-9-13(10(2)20-17-9)8-14(19)16-11-4-6-18-12(7-11)3-5-15-18/h3,5,11H,4,6-8H2,1-2H3,(H,16,19)/t11-/m0/s1. The quantitative estimate of drug-likeness (QED) is 0.911. The molecule has 106 valence electrons. The van der Waals surface area contributed by atoms with Crippen molar-refractivity contribution in [3.05, 3.63) is 35.0 Å². The third kappa shape index (κ3) is 2.45. The van der Waals surface area contributed by atoms with Crippen molar-refractivity contribution < 1.29 is 9.32 Å². The van der Waals surface area contributed by atoms with Gasteiger partial charge in [-0.25, -0.2) is 0 Å². The van der Waals surface area contributed by atoms with E-state index in [1.807, 2.05) is 30.8 Å². The topological polar surface area (TPSA) is 73.0 Å². The highest BCUT2D eigenvalue weighted by atomic mass is 16.5. The highest BCUT2D eigenvalue weighted by Gasteiger charge is 2.21. The zero-order chi connectivity index (χ0) is 14.1. The summed E-state index contributed by atoms with van der Waals surface area (Å²) in [5, 5.41) is 11.2. The van der Waals surface area contributed by atoms with E-state index in [0.717, 1.165) is 36.4 Å². The first kappa shape index (κ1) is 12.9. The van der Waals surface area contributed by atoms with E-state index < -0.39 is 0 Å². The Bertz CT molecular complexity index is 609. The van der Waals surface area contributed by atoms with E-state index in [1.165, 1.54) is 5.69 Å². The molecule has 6 heteroatoms. The van der Waals surface area contributed by atoms with Crippen LogP contribution in [0, 0.1) is 13.8 Å². The van der Waals surface area contributed by atoms with E-state index in [9.17, 15) is 4.79 Å². The minimum Gasteiger partial charge on any atom is -0.361 e. The Kier molecular flexibility index (Phi) is 3.30.